The van der Waals surface area contributed by atoms with E-state index in [1.54, 1.807) is 18.3 Å². The first-order valence-corrected chi connectivity index (χ1v) is 7.45. The molecule has 0 aliphatic heterocycles. The Bertz CT molecular complexity index is 629. The van der Waals surface area contributed by atoms with Gasteiger partial charge in [0.1, 0.15) is 0 Å². The van der Waals surface area contributed by atoms with Gasteiger partial charge in [0.25, 0.3) is 5.22 Å². The summed E-state index contributed by atoms with van der Waals surface area (Å²) in [5.41, 5.74) is 0.490. The maximum atomic E-state index is 11.8. The molecule has 0 unspecified atom stereocenters. The van der Waals surface area contributed by atoms with Crippen molar-refractivity contribution in [2.75, 3.05) is 11.1 Å². The van der Waals surface area contributed by atoms with E-state index in [2.05, 4.69) is 20.5 Å². The van der Waals surface area contributed by atoms with Gasteiger partial charge >= 0.3 is 0 Å². The third kappa shape index (κ3) is 3.29. The second-order valence-electron chi connectivity index (χ2n) is 4.36. The Labute approximate surface area is 124 Å². The van der Waals surface area contributed by atoms with E-state index in [1.807, 2.05) is 0 Å². The predicted octanol–water partition coefficient (Wildman–Crippen LogP) is 2.73. The molecule has 6 nitrogen and oxygen atoms in total. The van der Waals surface area contributed by atoms with Crippen LogP contribution in [0.2, 0.25) is 5.15 Å². The Morgan fingerprint density at radius 1 is 1.50 bits per heavy atom. The Balaban J connectivity index is 1.52. The van der Waals surface area contributed by atoms with Crippen LogP contribution < -0.4 is 5.32 Å². The van der Waals surface area contributed by atoms with Crippen LogP contribution in [0, 0.1) is 0 Å². The number of aromatic nitrogens is 3. The minimum absolute atomic E-state index is 0.178. The van der Waals surface area contributed by atoms with Gasteiger partial charge < -0.3 is 9.73 Å². The van der Waals surface area contributed by atoms with E-state index in [4.69, 9.17) is 16.0 Å². The van der Waals surface area contributed by atoms with Crippen LogP contribution in [0.4, 0.5) is 5.69 Å². The third-order valence-corrected chi connectivity index (χ3v) is 3.83. The fourth-order valence-electron chi connectivity index (χ4n) is 1.57. The number of halogens is 1. The van der Waals surface area contributed by atoms with E-state index >= 15 is 0 Å². The molecule has 0 spiro atoms. The molecule has 1 fully saturated rings. The minimum atomic E-state index is -0.198. The quantitative estimate of drug-likeness (QED) is 0.675. The van der Waals surface area contributed by atoms with Gasteiger partial charge in [0.2, 0.25) is 11.8 Å². The van der Waals surface area contributed by atoms with E-state index in [9.17, 15) is 4.79 Å². The molecular formula is C12H11ClN4O2S. The molecule has 8 heteroatoms. The van der Waals surface area contributed by atoms with Crippen molar-refractivity contribution in [3.8, 4) is 0 Å². The zero-order valence-electron chi connectivity index (χ0n) is 10.4. The van der Waals surface area contributed by atoms with E-state index in [0.29, 0.717) is 22.7 Å². The lowest BCUT2D eigenvalue weighted by Crippen LogP contribution is -2.14. The normalized spacial score (nSPS) is 14.2. The molecular weight excluding hydrogens is 300 g/mol. The minimum Gasteiger partial charge on any atom is -0.416 e. The first kappa shape index (κ1) is 13.4. The summed E-state index contributed by atoms with van der Waals surface area (Å²) in [6.07, 6.45) is 3.77. The number of rotatable bonds is 5. The predicted molar refractivity (Wildman–Crippen MR) is 74.9 cm³/mol. The smallest absolute Gasteiger partial charge is 0.277 e. The summed E-state index contributed by atoms with van der Waals surface area (Å²) in [5.74, 6) is 1.07. The van der Waals surface area contributed by atoms with Crippen molar-refractivity contribution in [2.45, 2.75) is 24.0 Å². The van der Waals surface area contributed by atoms with Gasteiger partial charge in [-0.25, -0.2) is 4.98 Å². The second-order valence-corrected chi connectivity index (χ2v) is 5.64. The highest BCUT2D eigenvalue weighted by molar-refractivity contribution is 7.99. The largest absolute Gasteiger partial charge is 0.416 e. The lowest BCUT2D eigenvalue weighted by atomic mass is 10.4. The summed E-state index contributed by atoms with van der Waals surface area (Å²) >= 11 is 7.06. The van der Waals surface area contributed by atoms with Crippen LogP contribution in [0.15, 0.2) is 28.0 Å². The number of amides is 1. The number of nitrogens with zero attached hydrogens (tertiary/aromatic N) is 3. The lowest BCUT2D eigenvalue weighted by molar-refractivity contribution is -0.113. The molecule has 0 bridgehead atoms. The van der Waals surface area contributed by atoms with Crippen LogP contribution in [-0.4, -0.2) is 26.8 Å². The Morgan fingerprint density at radius 3 is 3.10 bits per heavy atom. The average molecular weight is 311 g/mol. The molecule has 1 aliphatic carbocycles. The van der Waals surface area contributed by atoms with Crippen molar-refractivity contribution in [3.05, 3.63) is 29.4 Å². The number of thioether (sulfide) groups is 1. The number of carbonyl (C=O) groups is 1. The molecule has 0 saturated heterocycles. The summed E-state index contributed by atoms with van der Waals surface area (Å²) in [7, 11) is 0. The van der Waals surface area contributed by atoms with Gasteiger partial charge in [-0.3, -0.25) is 4.79 Å². The standard InChI is InChI=1S/C12H11ClN4O2S/c13-10-8(2-1-5-14-10)15-9(18)6-20-12-17-16-11(19-12)7-3-4-7/h1-2,5,7H,3-4,6H2,(H,15,18). The third-order valence-electron chi connectivity index (χ3n) is 2.71. The molecule has 0 radical (unpaired) electrons. The molecule has 3 rings (SSSR count). The highest BCUT2D eigenvalue weighted by atomic mass is 35.5. The van der Waals surface area contributed by atoms with E-state index in [0.717, 1.165) is 12.8 Å². The van der Waals surface area contributed by atoms with Crippen molar-refractivity contribution >= 4 is 35.0 Å². The lowest BCUT2D eigenvalue weighted by Gasteiger charge is -2.04. The number of hydrogen-bond donors (Lipinski definition) is 1. The summed E-state index contributed by atoms with van der Waals surface area (Å²) in [5, 5.41) is 11.2. The molecule has 1 aliphatic rings. The molecule has 2 aromatic rings. The van der Waals surface area contributed by atoms with Crippen LogP contribution in [0.3, 0.4) is 0 Å². The van der Waals surface area contributed by atoms with Crippen molar-refractivity contribution < 1.29 is 9.21 Å². The van der Waals surface area contributed by atoms with Gasteiger partial charge in [-0.1, -0.05) is 23.4 Å². The van der Waals surface area contributed by atoms with Gasteiger partial charge in [-0.15, -0.1) is 10.2 Å². The molecule has 104 valence electrons. The zero-order chi connectivity index (χ0) is 13.9. The number of carbonyl (C=O) groups excluding carboxylic acids is 1. The van der Waals surface area contributed by atoms with Gasteiger partial charge in [0.15, 0.2) is 5.15 Å². The van der Waals surface area contributed by atoms with Crippen LogP contribution in [-0.2, 0) is 4.79 Å². The van der Waals surface area contributed by atoms with Crippen molar-refractivity contribution in [2.24, 2.45) is 0 Å². The topological polar surface area (TPSA) is 80.9 Å². The Hall–Kier alpha value is -1.60. The number of hydrogen-bond acceptors (Lipinski definition) is 6. The van der Waals surface area contributed by atoms with Crippen LogP contribution in [0.1, 0.15) is 24.7 Å². The van der Waals surface area contributed by atoms with Crippen molar-refractivity contribution in [3.63, 3.8) is 0 Å². The number of nitrogens with one attached hydrogen (secondary N) is 1. The Kier molecular flexibility index (Phi) is 3.88. The van der Waals surface area contributed by atoms with E-state index < -0.39 is 0 Å². The molecule has 1 saturated carbocycles. The molecule has 0 aromatic carbocycles. The second kappa shape index (κ2) is 5.80. The van der Waals surface area contributed by atoms with Crippen molar-refractivity contribution in [1.82, 2.24) is 15.2 Å². The van der Waals surface area contributed by atoms with Crippen molar-refractivity contribution in [1.29, 1.82) is 0 Å². The number of pyridine rings is 1. The van der Waals surface area contributed by atoms with E-state index in [-0.39, 0.29) is 16.8 Å². The maximum Gasteiger partial charge on any atom is 0.277 e. The fraction of sp³-hybridized carbons (Fsp3) is 0.333. The zero-order valence-corrected chi connectivity index (χ0v) is 11.9. The summed E-state index contributed by atoms with van der Waals surface area (Å²) < 4.78 is 5.45. The molecule has 2 heterocycles. The monoisotopic (exact) mass is 310 g/mol. The van der Waals surface area contributed by atoms with Gasteiger partial charge in [-0.2, -0.15) is 0 Å². The molecule has 1 amide bonds. The highest BCUT2D eigenvalue weighted by Gasteiger charge is 2.29. The molecule has 20 heavy (non-hydrogen) atoms. The first-order chi connectivity index (χ1) is 9.72. The van der Waals surface area contributed by atoms with Gasteiger partial charge in [-0.05, 0) is 25.0 Å². The summed E-state index contributed by atoms with van der Waals surface area (Å²) in [6, 6.07) is 3.39. The maximum absolute atomic E-state index is 11.8. The Morgan fingerprint density at radius 2 is 2.35 bits per heavy atom. The SMILES string of the molecule is O=C(CSc1nnc(C2CC2)o1)Nc1cccnc1Cl. The van der Waals surface area contributed by atoms with Crippen LogP contribution in [0.5, 0.6) is 0 Å². The summed E-state index contributed by atoms with van der Waals surface area (Å²) in [6.45, 7) is 0. The summed E-state index contributed by atoms with van der Waals surface area (Å²) in [4.78, 5) is 15.7. The van der Waals surface area contributed by atoms with E-state index in [1.165, 1.54) is 11.8 Å². The fourth-order valence-corrected chi connectivity index (χ4v) is 2.30. The molecule has 0 atom stereocenters. The average Bonchev–Trinajstić information content (AvgIpc) is 3.18. The van der Waals surface area contributed by atoms with Gasteiger partial charge in [0, 0.05) is 12.1 Å². The van der Waals surface area contributed by atoms with Gasteiger partial charge in [0.05, 0.1) is 11.4 Å². The molecule has 2 aromatic heterocycles. The molecule has 1 N–H and O–H groups in total. The van der Waals surface area contributed by atoms with Crippen LogP contribution in [0.25, 0.3) is 0 Å². The highest BCUT2D eigenvalue weighted by Crippen LogP contribution is 2.39. The van der Waals surface area contributed by atoms with Crippen LogP contribution >= 0.6 is 23.4 Å². The first-order valence-electron chi connectivity index (χ1n) is 6.09. The number of anilines is 1.